The van der Waals surface area contributed by atoms with E-state index in [0.29, 0.717) is 0 Å². The third-order valence-electron chi connectivity index (χ3n) is 0.553. The van der Waals surface area contributed by atoms with E-state index in [2.05, 4.69) is 0 Å². The summed E-state index contributed by atoms with van der Waals surface area (Å²) in [7, 11) is -3.47. The van der Waals surface area contributed by atoms with E-state index in [9.17, 15) is 8.42 Å². The van der Waals surface area contributed by atoms with E-state index in [1.54, 1.807) is 13.8 Å². The molecular formula is C4H10KNO2S. The quantitative estimate of drug-likeness (QED) is 0.457. The molecule has 0 saturated heterocycles. The van der Waals surface area contributed by atoms with Gasteiger partial charge < -0.3 is 5.14 Å². The molecule has 0 unspecified atom stereocenters. The van der Waals surface area contributed by atoms with Crippen LogP contribution in [0, 0.1) is 5.92 Å². The van der Waals surface area contributed by atoms with Crippen molar-refractivity contribution >= 4 is 10.0 Å². The minimum atomic E-state index is -3.47. The van der Waals surface area contributed by atoms with Crippen LogP contribution in [0.2, 0.25) is 0 Å². The van der Waals surface area contributed by atoms with Crippen molar-refractivity contribution in [3.8, 4) is 0 Å². The molecule has 0 radical (unpaired) electrons. The number of hydrogen-bond donors (Lipinski definition) is 0. The van der Waals surface area contributed by atoms with Crippen molar-refractivity contribution in [2.24, 2.45) is 5.92 Å². The Morgan fingerprint density at radius 2 is 1.78 bits per heavy atom. The van der Waals surface area contributed by atoms with Crippen molar-refractivity contribution in [3.05, 3.63) is 5.14 Å². The Kier molecular flexibility index (Phi) is 7.65. The summed E-state index contributed by atoms with van der Waals surface area (Å²) >= 11 is 0. The van der Waals surface area contributed by atoms with E-state index < -0.39 is 10.0 Å². The molecule has 5 heteroatoms. The predicted molar refractivity (Wildman–Crippen MR) is 32.9 cm³/mol. The first kappa shape index (κ1) is 13.2. The first-order valence-corrected chi connectivity index (χ1v) is 4.04. The van der Waals surface area contributed by atoms with Crippen LogP contribution in [0.15, 0.2) is 0 Å². The summed E-state index contributed by atoms with van der Waals surface area (Å²) < 4.78 is 20.2. The van der Waals surface area contributed by atoms with Crippen LogP contribution >= 0.6 is 0 Å². The summed E-state index contributed by atoms with van der Waals surface area (Å²) in [5.74, 6) is 0.0324. The fraction of sp³-hybridized carbons (Fsp3) is 1.00. The summed E-state index contributed by atoms with van der Waals surface area (Å²) in [4.78, 5) is 0. The van der Waals surface area contributed by atoms with E-state index in [0.717, 1.165) is 0 Å². The Morgan fingerprint density at radius 3 is 1.78 bits per heavy atom. The van der Waals surface area contributed by atoms with Crippen LogP contribution < -0.4 is 51.4 Å². The number of hydrogen-bond acceptors (Lipinski definition) is 2. The number of nitrogens with one attached hydrogen (secondary N) is 1. The van der Waals surface area contributed by atoms with Gasteiger partial charge in [-0.3, -0.25) is 0 Å². The van der Waals surface area contributed by atoms with Gasteiger partial charge in [-0.2, -0.15) is 0 Å². The summed E-state index contributed by atoms with van der Waals surface area (Å²) in [6.07, 6.45) is 0. The van der Waals surface area contributed by atoms with Crippen molar-refractivity contribution in [2.75, 3.05) is 5.75 Å². The molecule has 0 spiro atoms. The predicted octanol–water partition coefficient (Wildman–Crippen LogP) is -1.97. The van der Waals surface area contributed by atoms with Gasteiger partial charge in [-0.05, 0) is 5.92 Å². The van der Waals surface area contributed by atoms with Crippen LogP contribution in [0.3, 0.4) is 0 Å². The van der Waals surface area contributed by atoms with Crippen molar-refractivity contribution in [2.45, 2.75) is 13.8 Å². The molecule has 3 nitrogen and oxygen atoms in total. The molecule has 0 fully saturated rings. The van der Waals surface area contributed by atoms with Gasteiger partial charge in [0.25, 0.3) is 0 Å². The standard InChI is InChI=1S/C4H10NO2S.K/c1-4(2)3-8(5,6)7;/h4H,3H2,1-2H3,(H-,5,6,7);/q-1;+1. The van der Waals surface area contributed by atoms with E-state index >= 15 is 0 Å². The van der Waals surface area contributed by atoms with Crippen LogP contribution in [0.25, 0.3) is 5.14 Å². The molecule has 0 aromatic rings. The topological polar surface area (TPSA) is 57.9 Å². The van der Waals surface area contributed by atoms with E-state index in [1.807, 2.05) is 0 Å². The molecule has 0 aliphatic heterocycles. The van der Waals surface area contributed by atoms with Gasteiger partial charge in [0.05, 0.1) is 10.0 Å². The molecule has 0 bridgehead atoms. The number of sulfonamides is 1. The second-order valence-electron chi connectivity index (χ2n) is 2.18. The van der Waals surface area contributed by atoms with Crippen LogP contribution in [0.4, 0.5) is 0 Å². The van der Waals surface area contributed by atoms with Gasteiger partial charge in [0, 0.05) is 5.75 Å². The fourth-order valence-electron chi connectivity index (χ4n) is 0.439. The minimum Gasteiger partial charge on any atom is -0.564 e. The Balaban J connectivity index is 0. The largest absolute Gasteiger partial charge is 1.00 e. The van der Waals surface area contributed by atoms with Crippen molar-refractivity contribution in [1.82, 2.24) is 0 Å². The molecule has 0 amide bonds. The monoisotopic (exact) mass is 175 g/mol. The second-order valence-corrected chi connectivity index (χ2v) is 3.74. The first-order chi connectivity index (χ1) is 3.42. The molecule has 0 aliphatic rings. The van der Waals surface area contributed by atoms with Gasteiger partial charge in [0.2, 0.25) is 0 Å². The van der Waals surface area contributed by atoms with Crippen LogP contribution in [-0.2, 0) is 10.0 Å². The van der Waals surface area contributed by atoms with Crippen LogP contribution in [0.1, 0.15) is 13.8 Å². The van der Waals surface area contributed by atoms with Gasteiger partial charge in [-0.15, -0.1) is 0 Å². The zero-order valence-electron chi connectivity index (χ0n) is 6.01. The maximum Gasteiger partial charge on any atom is 1.00 e. The summed E-state index contributed by atoms with van der Waals surface area (Å²) in [5.41, 5.74) is 0. The second kappa shape index (κ2) is 5.23. The summed E-state index contributed by atoms with van der Waals surface area (Å²) in [5, 5.41) is 6.43. The zero-order valence-corrected chi connectivity index (χ0v) is 9.95. The van der Waals surface area contributed by atoms with E-state index in [1.165, 1.54) is 0 Å². The van der Waals surface area contributed by atoms with Gasteiger partial charge in [-0.1, -0.05) is 13.8 Å². The molecule has 0 atom stereocenters. The Morgan fingerprint density at radius 1 is 1.44 bits per heavy atom. The Labute approximate surface area is 98.9 Å². The molecule has 0 aliphatic carbocycles. The normalized spacial score (nSPS) is 11.1. The maximum absolute atomic E-state index is 10.1. The maximum atomic E-state index is 10.1. The van der Waals surface area contributed by atoms with Crippen LogP contribution in [0.5, 0.6) is 0 Å². The van der Waals surface area contributed by atoms with Gasteiger partial charge >= 0.3 is 51.4 Å². The third kappa shape index (κ3) is 12.7. The zero-order chi connectivity index (χ0) is 6.78. The SMILES string of the molecule is CC(C)CS([NH-])(=O)=O.[K+]. The third-order valence-corrected chi connectivity index (χ3v) is 1.66. The van der Waals surface area contributed by atoms with Gasteiger partial charge in [-0.25, -0.2) is 8.42 Å². The molecule has 0 heterocycles. The van der Waals surface area contributed by atoms with E-state index in [-0.39, 0.29) is 63.1 Å². The Hall–Kier alpha value is 1.55. The molecule has 0 aromatic heterocycles. The van der Waals surface area contributed by atoms with Crippen molar-refractivity contribution in [3.63, 3.8) is 0 Å². The van der Waals surface area contributed by atoms with E-state index in [4.69, 9.17) is 5.14 Å². The number of rotatable bonds is 2. The average Bonchev–Trinajstić information content (AvgIpc) is 1.21. The Bertz CT molecular complexity index is 152. The molecule has 1 N–H and O–H groups in total. The molecular weight excluding hydrogens is 165 g/mol. The average molecular weight is 175 g/mol. The van der Waals surface area contributed by atoms with Gasteiger partial charge in [0.15, 0.2) is 0 Å². The smallest absolute Gasteiger partial charge is 0.564 e. The van der Waals surface area contributed by atoms with Crippen LogP contribution in [-0.4, -0.2) is 14.2 Å². The summed E-state index contributed by atoms with van der Waals surface area (Å²) in [6, 6.07) is 0. The summed E-state index contributed by atoms with van der Waals surface area (Å²) in [6.45, 7) is 3.54. The molecule has 0 rings (SSSR count). The van der Waals surface area contributed by atoms with Crippen molar-refractivity contribution < 1.29 is 59.8 Å². The van der Waals surface area contributed by atoms with Crippen molar-refractivity contribution in [1.29, 1.82) is 0 Å². The molecule has 9 heavy (non-hydrogen) atoms. The van der Waals surface area contributed by atoms with Gasteiger partial charge in [0.1, 0.15) is 0 Å². The molecule has 0 aromatic carbocycles. The molecule has 0 saturated carbocycles. The fourth-order valence-corrected chi connectivity index (χ4v) is 1.32. The minimum absolute atomic E-state index is 0. The first-order valence-electron chi connectivity index (χ1n) is 2.39. The molecule has 50 valence electrons.